The predicted molar refractivity (Wildman–Crippen MR) is 122 cm³/mol. The summed E-state index contributed by atoms with van der Waals surface area (Å²) < 4.78 is 2.65. The number of hydrogen-bond donors (Lipinski definition) is 0. The van der Waals surface area contributed by atoms with Crippen LogP contribution in [0.3, 0.4) is 0 Å². The van der Waals surface area contributed by atoms with Crippen molar-refractivity contribution in [1.82, 2.24) is 0 Å². The maximum absolute atomic E-state index is 2.47. The minimum absolute atomic E-state index is 1.31. The minimum Gasteiger partial charge on any atom is -0.0616 e. The molecule has 0 aliphatic carbocycles. The molecule has 0 radical (unpaired) electrons. The van der Waals surface area contributed by atoms with E-state index in [4.69, 9.17) is 0 Å². The maximum Gasteiger partial charge on any atom is 0.0172 e. The third kappa shape index (κ3) is 2.54. The van der Waals surface area contributed by atoms with E-state index in [0.29, 0.717) is 0 Å². The molecule has 0 aliphatic heterocycles. The molecule has 0 amide bonds. The van der Waals surface area contributed by atoms with Gasteiger partial charge in [0.15, 0.2) is 0 Å². The normalized spacial score (nSPS) is 11.3. The summed E-state index contributed by atoms with van der Waals surface area (Å²) in [6.07, 6.45) is 0. The molecule has 0 fully saturated rings. The van der Waals surface area contributed by atoms with Crippen molar-refractivity contribution in [2.45, 2.75) is 13.8 Å². The van der Waals surface area contributed by atoms with Crippen LogP contribution in [0.1, 0.15) is 11.1 Å². The molecule has 24 heavy (non-hydrogen) atoms. The second-order valence-corrected chi connectivity index (χ2v) is 8.48. The molecule has 0 aromatic heterocycles. The molecule has 0 bridgehead atoms. The van der Waals surface area contributed by atoms with Crippen LogP contribution in [0.15, 0.2) is 60.7 Å². The van der Waals surface area contributed by atoms with Crippen LogP contribution < -0.4 is 0 Å². The second-order valence-electron chi connectivity index (χ2n) is 6.16. The molecular formula is C22H16I2. The first kappa shape index (κ1) is 16.3. The summed E-state index contributed by atoms with van der Waals surface area (Å²) in [4.78, 5) is 0. The second kappa shape index (κ2) is 6.30. The number of halogens is 2. The van der Waals surface area contributed by atoms with Crippen LogP contribution in [0.25, 0.3) is 32.7 Å². The molecule has 118 valence electrons. The van der Waals surface area contributed by atoms with E-state index >= 15 is 0 Å². The lowest BCUT2D eigenvalue weighted by Crippen LogP contribution is -1.96. The summed E-state index contributed by atoms with van der Waals surface area (Å²) in [5.41, 5.74) is 5.49. The van der Waals surface area contributed by atoms with Gasteiger partial charge in [-0.1, -0.05) is 48.5 Å². The summed E-state index contributed by atoms with van der Waals surface area (Å²) in [5.74, 6) is 0. The summed E-state index contributed by atoms with van der Waals surface area (Å²) in [6.45, 7) is 4.50. The topological polar surface area (TPSA) is 0 Å². The average Bonchev–Trinajstić information content (AvgIpc) is 2.58. The van der Waals surface area contributed by atoms with Crippen LogP contribution in [-0.2, 0) is 0 Å². The van der Waals surface area contributed by atoms with E-state index < -0.39 is 0 Å². The van der Waals surface area contributed by atoms with Crippen molar-refractivity contribution in [1.29, 1.82) is 0 Å². The monoisotopic (exact) mass is 534 g/mol. The summed E-state index contributed by atoms with van der Waals surface area (Å²) in [7, 11) is 0. The molecular weight excluding hydrogens is 518 g/mol. The molecule has 0 nitrogen and oxygen atoms in total. The standard InChI is InChI=1S/C22H16I2/c1-13-19(23)11-15-7-3-5-9-17(15)21(13)22-14(2)20(24)12-16-8-4-6-10-18(16)22/h3-12H,1-2H3. The van der Waals surface area contributed by atoms with Gasteiger partial charge in [-0.25, -0.2) is 0 Å². The molecule has 0 heterocycles. The quantitative estimate of drug-likeness (QED) is 0.222. The van der Waals surface area contributed by atoms with Gasteiger partial charge in [0.2, 0.25) is 0 Å². The molecule has 4 rings (SSSR count). The first-order valence-corrected chi connectivity index (χ1v) is 10.1. The maximum atomic E-state index is 2.47. The Morgan fingerprint density at radius 3 is 1.38 bits per heavy atom. The molecule has 0 atom stereocenters. The van der Waals surface area contributed by atoms with Gasteiger partial charge in [0.05, 0.1) is 0 Å². The number of hydrogen-bond acceptors (Lipinski definition) is 0. The molecule has 0 aliphatic rings. The largest absolute Gasteiger partial charge is 0.0616 e. The molecule has 0 unspecified atom stereocenters. The Hall–Kier alpha value is -1.14. The number of rotatable bonds is 1. The van der Waals surface area contributed by atoms with Crippen molar-refractivity contribution in [3.05, 3.63) is 78.9 Å². The van der Waals surface area contributed by atoms with Crippen molar-refractivity contribution < 1.29 is 0 Å². The zero-order chi connectivity index (χ0) is 16.8. The van der Waals surface area contributed by atoms with Gasteiger partial charge in [-0.2, -0.15) is 0 Å². The van der Waals surface area contributed by atoms with E-state index in [1.54, 1.807) is 0 Å². The molecule has 0 saturated carbocycles. The fourth-order valence-corrected chi connectivity index (χ4v) is 4.69. The SMILES string of the molecule is Cc1c(I)cc2ccccc2c1-c1c(C)c(I)cc2ccccc12. The van der Waals surface area contributed by atoms with Gasteiger partial charge in [-0.05, 0) is 115 Å². The fourth-order valence-electron chi connectivity index (χ4n) is 3.48. The van der Waals surface area contributed by atoms with Gasteiger partial charge < -0.3 is 0 Å². The van der Waals surface area contributed by atoms with E-state index in [1.807, 2.05) is 0 Å². The van der Waals surface area contributed by atoms with E-state index in [-0.39, 0.29) is 0 Å². The lowest BCUT2D eigenvalue weighted by atomic mass is 9.88. The Morgan fingerprint density at radius 1 is 0.583 bits per heavy atom. The van der Waals surface area contributed by atoms with Gasteiger partial charge in [0.25, 0.3) is 0 Å². The highest BCUT2D eigenvalue weighted by molar-refractivity contribution is 14.1. The van der Waals surface area contributed by atoms with Gasteiger partial charge in [-0.15, -0.1) is 0 Å². The Kier molecular flexibility index (Phi) is 4.29. The van der Waals surface area contributed by atoms with Crippen LogP contribution in [-0.4, -0.2) is 0 Å². The van der Waals surface area contributed by atoms with Crippen LogP contribution in [0.5, 0.6) is 0 Å². The molecule has 4 aromatic carbocycles. The van der Waals surface area contributed by atoms with Gasteiger partial charge in [-0.3, -0.25) is 0 Å². The lowest BCUT2D eigenvalue weighted by Gasteiger charge is -2.18. The molecule has 2 heteroatoms. The van der Waals surface area contributed by atoms with Gasteiger partial charge in [0.1, 0.15) is 0 Å². The lowest BCUT2D eigenvalue weighted by molar-refractivity contribution is 1.41. The molecule has 0 spiro atoms. The van der Waals surface area contributed by atoms with E-state index in [2.05, 4.69) is 120 Å². The van der Waals surface area contributed by atoms with Crippen molar-refractivity contribution in [2.24, 2.45) is 0 Å². The van der Waals surface area contributed by atoms with Crippen LogP contribution in [0.2, 0.25) is 0 Å². The molecule has 0 N–H and O–H groups in total. The van der Waals surface area contributed by atoms with Crippen molar-refractivity contribution in [3.8, 4) is 11.1 Å². The Balaban J connectivity index is 2.26. The first-order valence-electron chi connectivity index (χ1n) is 7.94. The zero-order valence-corrected chi connectivity index (χ0v) is 17.8. The summed E-state index contributed by atoms with van der Waals surface area (Å²) >= 11 is 4.93. The van der Waals surface area contributed by atoms with Crippen LogP contribution >= 0.6 is 45.2 Å². The van der Waals surface area contributed by atoms with Gasteiger partial charge >= 0.3 is 0 Å². The van der Waals surface area contributed by atoms with E-state index in [9.17, 15) is 0 Å². The number of benzene rings is 4. The number of fused-ring (bicyclic) bond motifs is 2. The Labute approximate surface area is 169 Å². The van der Waals surface area contributed by atoms with Gasteiger partial charge in [0, 0.05) is 7.14 Å². The molecule has 0 saturated heterocycles. The molecule has 4 aromatic rings. The predicted octanol–water partition coefficient (Wildman–Crippen LogP) is 7.49. The fraction of sp³-hybridized carbons (Fsp3) is 0.0909. The van der Waals surface area contributed by atoms with E-state index in [1.165, 1.54) is 50.9 Å². The van der Waals surface area contributed by atoms with Crippen LogP contribution in [0, 0.1) is 21.0 Å². The third-order valence-electron chi connectivity index (χ3n) is 4.74. The first-order chi connectivity index (χ1) is 11.6. The minimum atomic E-state index is 1.31. The summed E-state index contributed by atoms with van der Waals surface area (Å²) in [6, 6.07) is 22.0. The zero-order valence-electron chi connectivity index (χ0n) is 13.5. The Bertz CT molecular complexity index is 1000. The van der Waals surface area contributed by atoms with Crippen LogP contribution in [0.4, 0.5) is 0 Å². The average molecular weight is 534 g/mol. The highest BCUT2D eigenvalue weighted by atomic mass is 127. The van der Waals surface area contributed by atoms with Crippen molar-refractivity contribution in [3.63, 3.8) is 0 Å². The van der Waals surface area contributed by atoms with Crippen molar-refractivity contribution >= 4 is 66.7 Å². The van der Waals surface area contributed by atoms with Crippen molar-refractivity contribution in [2.75, 3.05) is 0 Å². The summed E-state index contributed by atoms with van der Waals surface area (Å²) in [5, 5.41) is 5.30. The smallest absolute Gasteiger partial charge is 0.0172 e. The highest BCUT2D eigenvalue weighted by Crippen LogP contribution is 2.41. The third-order valence-corrected chi connectivity index (χ3v) is 6.98. The highest BCUT2D eigenvalue weighted by Gasteiger charge is 2.17. The van der Waals surface area contributed by atoms with E-state index in [0.717, 1.165) is 0 Å². The Morgan fingerprint density at radius 2 is 0.958 bits per heavy atom.